The van der Waals surface area contributed by atoms with Crippen molar-refractivity contribution in [2.24, 2.45) is 0 Å². The fourth-order valence-corrected chi connectivity index (χ4v) is 1.73. The molecule has 1 aromatic carbocycles. The lowest BCUT2D eigenvalue weighted by Gasteiger charge is -1.95. The Balaban J connectivity index is 2.14. The lowest BCUT2D eigenvalue weighted by Crippen LogP contribution is -1.88. The van der Waals surface area contributed by atoms with Gasteiger partial charge in [-0.15, -0.1) is 0 Å². The minimum Gasteiger partial charge on any atom is -0.508 e. The molecule has 0 bridgehead atoms. The predicted octanol–water partition coefficient (Wildman–Crippen LogP) is 2.41. The number of fused-ring (bicyclic) bond motifs is 1. The maximum absolute atomic E-state index is 9.24. The predicted molar refractivity (Wildman–Crippen MR) is 64.8 cm³/mol. The number of hydrogen-bond acceptors (Lipinski definition) is 3. The van der Waals surface area contributed by atoms with E-state index in [4.69, 9.17) is 0 Å². The Bertz CT molecular complexity index is 671. The SMILES string of the molecule is Cc1ccn2cc(-c3ccc(O)cc3)nc2n1. The van der Waals surface area contributed by atoms with Crippen molar-refractivity contribution in [2.45, 2.75) is 6.92 Å². The molecule has 2 heterocycles. The fourth-order valence-electron chi connectivity index (χ4n) is 1.73. The number of phenolic OH excluding ortho intramolecular Hbond substituents is 1. The highest BCUT2D eigenvalue weighted by Crippen LogP contribution is 2.21. The number of phenols is 1. The number of rotatable bonds is 1. The van der Waals surface area contributed by atoms with E-state index in [9.17, 15) is 5.11 Å². The van der Waals surface area contributed by atoms with Gasteiger partial charge < -0.3 is 5.11 Å². The molecule has 0 saturated heterocycles. The highest BCUT2D eigenvalue weighted by atomic mass is 16.3. The molecule has 2 aromatic heterocycles. The van der Waals surface area contributed by atoms with Gasteiger partial charge in [-0.05, 0) is 37.3 Å². The zero-order chi connectivity index (χ0) is 11.8. The molecule has 0 fully saturated rings. The maximum atomic E-state index is 9.24. The van der Waals surface area contributed by atoms with Crippen LogP contribution in [0.1, 0.15) is 5.69 Å². The number of imidazole rings is 1. The van der Waals surface area contributed by atoms with Crippen LogP contribution in [0.25, 0.3) is 17.0 Å². The van der Waals surface area contributed by atoms with Crippen molar-refractivity contribution in [3.63, 3.8) is 0 Å². The van der Waals surface area contributed by atoms with E-state index in [0.29, 0.717) is 5.78 Å². The van der Waals surface area contributed by atoms with Gasteiger partial charge in [0.2, 0.25) is 5.78 Å². The summed E-state index contributed by atoms with van der Waals surface area (Å²) in [6.07, 6.45) is 3.86. The fraction of sp³-hybridized carbons (Fsp3) is 0.0769. The Labute approximate surface area is 98.2 Å². The van der Waals surface area contributed by atoms with Crippen LogP contribution in [0.5, 0.6) is 5.75 Å². The molecular weight excluding hydrogens is 214 g/mol. The highest BCUT2D eigenvalue weighted by Gasteiger charge is 2.05. The van der Waals surface area contributed by atoms with Gasteiger partial charge in [0.1, 0.15) is 5.75 Å². The van der Waals surface area contributed by atoms with Crippen LogP contribution in [0.15, 0.2) is 42.7 Å². The number of aromatic nitrogens is 3. The van der Waals surface area contributed by atoms with Crippen molar-refractivity contribution in [3.8, 4) is 17.0 Å². The summed E-state index contributed by atoms with van der Waals surface area (Å²) in [6.45, 7) is 1.94. The molecule has 4 heteroatoms. The van der Waals surface area contributed by atoms with E-state index in [0.717, 1.165) is 17.0 Å². The molecule has 17 heavy (non-hydrogen) atoms. The van der Waals surface area contributed by atoms with Crippen LogP contribution in [0.2, 0.25) is 0 Å². The third-order valence-corrected chi connectivity index (χ3v) is 2.63. The average Bonchev–Trinajstić information content (AvgIpc) is 2.72. The standard InChI is InChI=1S/C13H11N3O/c1-9-6-7-16-8-12(15-13(16)14-9)10-2-4-11(17)5-3-10/h2-8,17H,1H3. The summed E-state index contributed by atoms with van der Waals surface area (Å²) in [5, 5.41) is 9.24. The second kappa shape index (κ2) is 3.59. The molecule has 1 N–H and O–H groups in total. The molecule has 0 radical (unpaired) electrons. The van der Waals surface area contributed by atoms with Crippen LogP contribution in [-0.2, 0) is 0 Å². The van der Waals surface area contributed by atoms with Gasteiger partial charge in [-0.1, -0.05) is 0 Å². The lowest BCUT2D eigenvalue weighted by molar-refractivity contribution is 0.475. The van der Waals surface area contributed by atoms with Gasteiger partial charge in [0.05, 0.1) is 5.69 Å². The number of aromatic hydroxyl groups is 1. The van der Waals surface area contributed by atoms with Gasteiger partial charge >= 0.3 is 0 Å². The summed E-state index contributed by atoms with van der Waals surface area (Å²) in [5.74, 6) is 0.944. The zero-order valence-electron chi connectivity index (χ0n) is 9.33. The summed E-state index contributed by atoms with van der Waals surface area (Å²) < 4.78 is 1.88. The molecule has 4 nitrogen and oxygen atoms in total. The van der Waals surface area contributed by atoms with Crippen LogP contribution >= 0.6 is 0 Å². The van der Waals surface area contributed by atoms with Crippen LogP contribution in [-0.4, -0.2) is 19.5 Å². The molecule has 0 aliphatic heterocycles. The van der Waals surface area contributed by atoms with Gasteiger partial charge in [-0.2, -0.15) is 0 Å². The van der Waals surface area contributed by atoms with Crippen LogP contribution in [0.3, 0.4) is 0 Å². The van der Waals surface area contributed by atoms with E-state index in [2.05, 4.69) is 9.97 Å². The maximum Gasteiger partial charge on any atom is 0.234 e. The molecule has 3 aromatic rings. The molecule has 0 aliphatic rings. The van der Waals surface area contributed by atoms with Crippen molar-refractivity contribution in [3.05, 3.63) is 48.4 Å². The van der Waals surface area contributed by atoms with E-state index in [1.807, 2.05) is 41.9 Å². The minimum atomic E-state index is 0.256. The molecule has 84 valence electrons. The van der Waals surface area contributed by atoms with Crippen LogP contribution in [0.4, 0.5) is 0 Å². The second-order valence-corrected chi connectivity index (χ2v) is 3.95. The Morgan fingerprint density at radius 2 is 1.82 bits per heavy atom. The molecular formula is C13H11N3O. The van der Waals surface area contributed by atoms with Crippen molar-refractivity contribution < 1.29 is 5.11 Å². The van der Waals surface area contributed by atoms with Gasteiger partial charge in [-0.3, -0.25) is 4.40 Å². The first-order chi connectivity index (χ1) is 8.22. The normalized spacial score (nSPS) is 10.9. The summed E-state index contributed by atoms with van der Waals surface area (Å²) in [5.41, 5.74) is 2.76. The van der Waals surface area contributed by atoms with Gasteiger partial charge in [0, 0.05) is 23.7 Å². The topological polar surface area (TPSA) is 50.4 Å². The first-order valence-corrected chi connectivity index (χ1v) is 5.34. The number of nitrogens with zero attached hydrogens (tertiary/aromatic N) is 3. The zero-order valence-corrected chi connectivity index (χ0v) is 9.33. The second-order valence-electron chi connectivity index (χ2n) is 3.95. The molecule has 0 spiro atoms. The van der Waals surface area contributed by atoms with Crippen LogP contribution < -0.4 is 0 Å². The number of benzene rings is 1. The number of aryl methyl sites for hydroxylation is 1. The lowest BCUT2D eigenvalue weighted by atomic mass is 10.2. The largest absolute Gasteiger partial charge is 0.508 e. The van der Waals surface area contributed by atoms with E-state index in [-0.39, 0.29) is 5.75 Å². The molecule has 0 aliphatic carbocycles. The summed E-state index contributed by atoms with van der Waals surface area (Å²) in [7, 11) is 0. The third-order valence-electron chi connectivity index (χ3n) is 2.63. The van der Waals surface area contributed by atoms with E-state index in [1.54, 1.807) is 12.1 Å². The van der Waals surface area contributed by atoms with Crippen molar-refractivity contribution in [1.29, 1.82) is 0 Å². The smallest absolute Gasteiger partial charge is 0.234 e. The monoisotopic (exact) mass is 225 g/mol. The van der Waals surface area contributed by atoms with Crippen LogP contribution in [0, 0.1) is 6.92 Å². The first-order valence-electron chi connectivity index (χ1n) is 5.34. The van der Waals surface area contributed by atoms with Gasteiger partial charge in [-0.25, -0.2) is 9.97 Å². The summed E-state index contributed by atoms with van der Waals surface area (Å²) in [6, 6.07) is 8.92. The third kappa shape index (κ3) is 1.73. The van der Waals surface area contributed by atoms with Gasteiger partial charge in [0.15, 0.2) is 0 Å². The molecule has 0 saturated carbocycles. The molecule has 0 amide bonds. The Hall–Kier alpha value is -2.36. The molecule has 3 rings (SSSR count). The van der Waals surface area contributed by atoms with E-state index in [1.165, 1.54) is 0 Å². The average molecular weight is 225 g/mol. The Morgan fingerprint density at radius 1 is 1.06 bits per heavy atom. The summed E-state index contributed by atoms with van der Waals surface area (Å²) >= 11 is 0. The van der Waals surface area contributed by atoms with E-state index >= 15 is 0 Å². The molecule has 0 unspecified atom stereocenters. The Kier molecular flexibility index (Phi) is 2.08. The van der Waals surface area contributed by atoms with Crippen molar-refractivity contribution in [2.75, 3.05) is 0 Å². The summed E-state index contributed by atoms with van der Waals surface area (Å²) in [4.78, 5) is 8.79. The van der Waals surface area contributed by atoms with E-state index < -0.39 is 0 Å². The molecule has 0 atom stereocenters. The van der Waals surface area contributed by atoms with Gasteiger partial charge in [0.25, 0.3) is 0 Å². The number of hydrogen-bond donors (Lipinski definition) is 1. The quantitative estimate of drug-likeness (QED) is 0.691. The first kappa shape index (κ1) is 9.84. The highest BCUT2D eigenvalue weighted by molar-refractivity contribution is 5.62. The minimum absolute atomic E-state index is 0.256. The Morgan fingerprint density at radius 3 is 2.59 bits per heavy atom. The van der Waals surface area contributed by atoms with Crippen molar-refractivity contribution >= 4 is 5.78 Å². The van der Waals surface area contributed by atoms with Crippen molar-refractivity contribution in [1.82, 2.24) is 14.4 Å².